The first-order chi connectivity index (χ1) is 7.81. The van der Waals surface area contributed by atoms with Crippen LogP contribution in [0.15, 0.2) is 28.9 Å². The van der Waals surface area contributed by atoms with E-state index in [2.05, 4.69) is 6.92 Å². The number of aryl methyl sites for hydroxylation is 1. The third-order valence-electron chi connectivity index (χ3n) is 2.90. The number of rotatable bonds is 5. The second-order valence-electron chi connectivity index (χ2n) is 4.20. The van der Waals surface area contributed by atoms with Crippen molar-refractivity contribution < 1.29 is 4.42 Å². The van der Waals surface area contributed by atoms with Crippen molar-refractivity contribution in [2.24, 2.45) is 0 Å². The zero-order chi connectivity index (χ0) is 11.4. The summed E-state index contributed by atoms with van der Waals surface area (Å²) in [5.74, 6) is 1.08. The number of halogens is 1. The van der Waals surface area contributed by atoms with Crippen LogP contribution in [0.5, 0.6) is 0 Å². The van der Waals surface area contributed by atoms with Crippen molar-refractivity contribution in [1.82, 2.24) is 0 Å². The normalized spacial score (nSPS) is 11.1. The third-order valence-corrected chi connectivity index (χ3v) is 3.14. The van der Waals surface area contributed by atoms with Crippen LogP contribution in [0, 0.1) is 0 Å². The molecular formula is C14H17ClO. The highest BCUT2D eigenvalue weighted by Crippen LogP contribution is 2.25. The minimum absolute atomic E-state index is 0.781. The van der Waals surface area contributed by atoms with Crippen LogP contribution in [0.25, 0.3) is 10.8 Å². The molecule has 0 saturated heterocycles. The largest absolute Gasteiger partial charge is 0.468 e. The maximum absolute atomic E-state index is 5.99. The summed E-state index contributed by atoms with van der Waals surface area (Å²) in [5.41, 5.74) is 0. The van der Waals surface area contributed by atoms with Crippen molar-refractivity contribution in [2.75, 3.05) is 0 Å². The van der Waals surface area contributed by atoms with Gasteiger partial charge in [0.1, 0.15) is 5.76 Å². The minimum Gasteiger partial charge on any atom is -0.468 e. The number of unbranched alkanes of at least 4 members (excludes halogenated alkanes) is 3. The fourth-order valence-electron chi connectivity index (χ4n) is 1.98. The predicted octanol–water partition coefficient (Wildman–Crippen LogP) is 5.21. The van der Waals surface area contributed by atoms with Gasteiger partial charge in [-0.05, 0) is 24.6 Å². The van der Waals surface area contributed by atoms with Gasteiger partial charge in [-0.2, -0.15) is 0 Å². The molecule has 1 nitrogen and oxygen atoms in total. The van der Waals surface area contributed by atoms with Crippen LogP contribution >= 0.6 is 11.6 Å². The Labute approximate surface area is 101 Å². The minimum atomic E-state index is 0.781. The summed E-state index contributed by atoms with van der Waals surface area (Å²) >= 11 is 5.99. The molecule has 1 heterocycles. The molecule has 0 aliphatic carbocycles. The Morgan fingerprint density at radius 1 is 1.19 bits per heavy atom. The standard InChI is InChI=1S/C14H17ClO/c1-2-3-4-5-6-14-13-9-12(15)8-7-11(13)10-16-14/h7-10H,2-6H2,1H3. The summed E-state index contributed by atoms with van der Waals surface area (Å²) in [5, 5.41) is 3.10. The molecule has 0 bridgehead atoms. The first kappa shape index (κ1) is 11.5. The van der Waals surface area contributed by atoms with E-state index in [1.807, 2.05) is 24.5 Å². The summed E-state index contributed by atoms with van der Waals surface area (Å²) in [6.07, 6.45) is 7.89. The average molecular weight is 237 g/mol. The summed E-state index contributed by atoms with van der Waals surface area (Å²) in [6, 6.07) is 5.91. The Balaban J connectivity index is 2.09. The van der Waals surface area contributed by atoms with Crippen molar-refractivity contribution >= 4 is 22.4 Å². The molecule has 1 aromatic carbocycles. The van der Waals surface area contributed by atoms with Gasteiger partial charge >= 0.3 is 0 Å². The molecule has 1 aromatic heterocycles. The molecule has 2 aromatic rings. The van der Waals surface area contributed by atoms with Crippen LogP contribution < -0.4 is 0 Å². The van der Waals surface area contributed by atoms with Crippen molar-refractivity contribution in [1.29, 1.82) is 0 Å². The topological polar surface area (TPSA) is 13.1 Å². The lowest BCUT2D eigenvalue weighted by atomic mass is 10.1. The van der Waals surface area contributed by atoms with Crippen molar-refractivity contribution in [2.45, 2.75) is 39.0 Å². The molecule has 0 saturated carbocycles. The lowest BCUT2D eigenvalue weighted by Crippen LogP contribution is -1.83. The van der Waals surface area contributed by atoms with Crippen molar-refractivity contribution in [3.63, 3.8) is 0 Å². The Morgan fingerprint density at radius 3 is 2.88 bits per heavy atom. The number of hydrogen-bond acceptors (Lipinski definition) is 1. The molecule has 0 atom stereocenters. The van der Waals surface area contributed by atoms with Gasteiger partial charge in [0.2, 0.25) is 0 Å². The Kier molecular flexibility index (Phi) is 3.89. The second kappa shape index (κ2) is 5.40. The summed E-state index contributed by atoms with van der Waals surface area (Å²) < 4.78 is 5.59. The first-order valence-electron chi connectivity index (χ1n) is 5.97. The summed E-state index contributed by atoms with van der Waals surface area (Å²) in [6.45, 7) is 2.22. The van der Waals surface area contributed by atoms with E-state index in [0.29, 0.717) is 0 Å². The number of furan rings is 1. The van der Waals surface area contributed by atoms with E-state index in [9.17, 15) is 0 Å². The molecule has 0 radical (unpaired) electrons. The highest BCUT2D eigenvalue weighted by atomic mass is 35.5. The van der Waals surface area contributed by atoms with E-state index in [1.165, 1.54) is 31.1 Å². The van der Waals surface area contributed by atoms with Gasteiger partial charge in [0.15, 0.2) is 0 Å². The van der Waals surface area contributed by atoms with Crippen LogP contribution in [0.1, 0.15) is 38.4 Å². The van der Waals surface area contributed by atoms with Gasteiger partial charge in [-0.1, -0.05) is 37.8 Å². The molecule has 0 fully saturated rings. The zero-order valence-electron chi connectivity index (χ0n) is 9.63. The van der Waals surface area contributed by atoms with E-state index in [4.69, 9.17) is 16.0 Å². The fourth-order valence-corrected chi connectivity index (χ4v) is 2.15. The molecule has 2 rings (SSSR count). The third kappa shape index (κ3) is 2.59. The zero-order valence-corrected chi connectivity index (χ0v) is 10.4. The summed E-state index contributed by atoms with van der Waals surface area (Å²) in [4.78, 5) is 0. The van der Waals surface area contributed by atoms with Crippen LogP contribution in [0.3, 0.4) is 0 Å². The molecular weight excluding hydrogens is 220 g/mol. The highest BCUT2D eigenvalue weighted by Gasteiger charge is 2.06. The highest BCUT2D eigenvalue weighted by molar-refractivity contribution is 6.31. The predicted molar refractivity (Wildman–Crippen MR) is 69.1 cm³/mol. The monoisotopic (exact) mass is 236 g/mol. The van der Waals surface area contributed by atoms with Gasteiger partial charge < -0.3 is 4.42 Å². The van der Waals surface area contributed by atoms with E-state index in [1.54, 1.807) is 0 Å². The average Bonchev–Trinajstić information content (AvgIpc) is 2.67. The molecule has 0 aliphatic rings. The van der Waals surface area contributed by atoms with Crippen molar-refractivity contribution in [3.05, 3.63) is 35.2 Å². The van der Waals surface area contributed by atoms with Crippen LogP contribution in [-0.2, 0) is 6.42 Å². The molecule has 16 heavy (non-hydrogen) atoms. The summed E-state index contributed by atoms with van der Waals surface area (Å²) in [7, 11) is 0. The van der Waals surface area contributed by atoms with E-state index >= 15 is 0 Å². The van der Waals surface area contributed by atoms with Gasteiger partial charge in [0.05, 0.1) is 6.26 Å². The molecule has 0 unspecified atom stereocenters. The Hall–Kier alpha value is -0.950. The lowest BCUT2D eigenvalue weighted by molar-refractivity contribution is 0.500. The Morgan fingerprint density at radius 2 is 2.06 bits per heavy atom. The first-order valence-corrected chi connectivity index (χ1v) is 6.34. The van der Waals surface area contributed by atoms with Gasteiger partial charge in [0, 0.05) is 22.2 Å². The van der Waals surface area contributed by atoms with Crippen molar-refractivity contribution in [3.8, 4) is 0 Å². The van der Waals surface area contributed by atoms with Crippen LogP contribution in [-0.4, -0.2) is 0 Å². The molecule has 2 heteroatoms. The van der Waals surface area contributed by atoms with Gasteiger partial charge in [-0.25, -0.2) is 0 Å². The van der Waals surface area contributed by atoms with E-state index < -0.39 is 0 Å². The second-order valence-corrected chi connectivity index (χ2v) is 4.64. The maximum atomic E-state index is 5.99. The fraction of sp³-hybridized carbons (Fsp3) is 0.429. The number of benzene rings is 1. The molecule has 86 valence electrons. The molecule has 0 aliphatic heterocycles. The Bertz CT molecular complexity index is 459. The van der Waals surface area contributed by atoms with Crippen LogP contribution in [0.4, 0.5) is 0 Å². The number of hydrogen-bond donors (Lipinski definition) is 0. The SMILES string of the molecule is CCCCCCc1occ2ccc(Cl)cc12. The molecule has 0 N–H and O–H groups in total. The van der Waals surface area contributed by atoms with Gasteiger partial charge in [-0.15, -0.1) is 0 Å². The van der Waals surface area contributed by atoms with Crippen LogP contribution in [0.2, 0.25) is 5.02 Å². The lowest BCUT2D eigenvalue weighted by Gasteiger charge is -1.98. The molecule has 0 spiro atoms. The van der Waals surface area contributed by atoms with Gasteiger partial charge in [0.25, 0.3) is 0 Å². The maximum Gasteiger partial charge on any atom is 0.111 e. The van der Waals surface area contributed by atoms with Gasteiger partial charge in [-0.3, -0.25) is 0 Å². The molecule has 0 amide bonds. The van der Waals surface area contributed by atoms with E-state index in [-0.39, 0.29) is 0 Å². The number of fused-ring (bicyclic) bond motifs is 1. The van der Waals surface area contributed by atoms with E-state index in [0.717, 1.165) is 22.6 Å². The quantitative estimate of drug-likeness (QED) is 0.650. The smallest absolute Gasteiger partial charge is 0.111 e.